The second-order valence-electron chi connectivity index (χ2n) is 0.202. The molecule has 0 unspecified atom stereocenters. The summed E-state index contributed by atoms with van der Waals surface area (Å²) in [7, 11) is 0. The van der Waals surface area contributed by atoms with E-state index in [9.17, 15) is 2.73 Å². The molecule has 0 atom stereocenters. The van der Waals surface area contributed by atoms with Gasteiger partial charge in [-0.05, 0) is 0 Å². The summed E-state index contributed by atoms with van der Waals surface area (Å²) in [6, 6.07) is 0. The van der Waals surface area contributed by atoms with E-state index >= 15 is 0 Å². The van der Waals surface area contributed by atoms with E-state index in [1.165, 1.54) is 0 Å². The van der Waals surface area contributed by atoms with Gasteiger partial charge >= 0.3 is 81.7 Å². The molecule has 6 heteroatoms. The number of hydrogen-bond acceptors (Lipinski definition) is 0. The van der Waals surface area contributed by atoms with Crippen LogP contribution in [0.4, 0.5) is 2.73 Å². The number of hydrogen-bond donors (Lipinski definition) is 0. The van der Waals surface area contributed by atoms with Gasteiger partial charge in [0.15, 0.2) is 0 Å². The first-order chi connectivity index (χ1) is 2.83. The zero-order valence-corrected chi connectivity index (χ0v) is 8.85. The average molecular weight is 189 g/mol. The van der Waals surface area contributed by atoms with E-state index < -0.39 is 66.2 Å². The van der Waals surface area contributed by atoms with E-state index in [0.29, 0.717) is 0 Å². The Bertz CT molecular complexity index is 11.5. The van der Waals surface area contributed by atoms with Gasteiger partial charge in [0.2, 0.25) is 0 Å². The van der Waals surface area contributed by atoms with Crippen LogP contribution in [0.2, 0.25) is 0 Å². The van der Waals surface area contributed by atoms with Crippen molar-refractivity contribution in [3.8, 4) is 0 Å². The van der Waals surface area contributed by atoms with E-state index in [1.54, 1.807) is 0 Å². The van der Waals surface area contributed by atoms with Crippen molar-refractivity contribution in [1.29, 1.82) is 0 Å². The van der Waals surface area contributed by atoms with E-state index in [-0.39, 0.29) is 0 Å². The summed E-state index contributed by atoms with van der Waals surface area (Å²) >= 11 is -3.81. The molecule has 0 heterocycles. The zero-order valence-electron chi connectivity index (χ0n) is 2.93. The topological polar surface area (TPSA) is 0 Å². The minimum atomic E-state index is -2.88. The van der Waals surface area contributed by atoms with Gasteiger partial charge in [0.05, 0.1) is 0 Å². The minimum absolute atomic E-state index is 0.931. The molecule has 0 fully saturated rings. The van der Waals surface area contributed by atoms with Gasteiger partial charge in [0, 0.05) is 0 Å². The first-order valence-electron chi connectivity index (χ1n) is 1.07. The van der Waals surface area contributed by atoms with Crippen LogP contribution in [0, 0.1) is 0 Å². The maximum absolute atomic E-state index is 9.81. The Morgan fingerprint density at radius 2 is 1.17 bits per heavy atom. The monoisotopic (exact) mass is 188 g/mol. The van der Waals surface area contributed by atoms with Crippen molar-refractivity contribution in [2.45, 2.75) is 0 Å². The molecule has 0 bridgehead atoms. The van der Waals surface area contributed by atoms with Crippen LogP contribution in [0.15, 0.2) is 0 Å². The first kappa shape index (κ1) is 11.7. The molecule has 0 aromatic rings. The molecule has 0 aromatic carbocycles. The van der Waals surface area contributed by atoms with Crippen LogP contribution in [0.25, 0.3) is 0 Å². The number of rotatable bonds is 0. The van der Waals surface area contributed by atoms with E-state index in [0.717, 1.165) is 0 Å². The van der Waals surface area contributed by atoms with Gasteiger partial charge in [-0.2, -0.15) is 0 Å². The van der Waals surface area contributed by atoms with Gasteiger partial charge in [-0.3, -0.25) is 0 Å². The third kappa shape index (κ3) is 28.2. The van der Waals surface area contributed by atoms with Crippen molar-refractivity contribution >= 4 is 79.0 Å². The maximum atomic E-state index is 9.81. The summed E-state index contributed by atoms with van der Waals surface area (Å²) in [5, 5.41) is 0. The van der Waals surface area contributed by atoms with Crippen LogP contribution in [0.3, 0.4) is 0 Å². The van der Waals surface area contributed by atoms with Crippen molar-refractivity contribution in [2.75, 3.05) is 0 Å². The van der Waals surface area contributed by atoms with Crippen molar-refractivity contribution in [1.82, 2.24) is 0 Å². The Kier molecular flexibility index (Phi) is 30.6. The summed E-state index contributed by atoms with van der Waals surface area (Å²) in [4.78, 5) is 0. The van der Waals surface area contributed by atoms with Crippen LogP contribution in [0.5, 0.6) is 0 Å². The summed E-state index contributed by atoms with van der Waals surface area (Å²) in [6.07, 6.45) is 9.90. The Hall–Kier alpha value is 2.96. The van der Waals surface area contributed by atoms with Gasteiger partial charge in [0.25, 0.3) is 0 Å². The van der Waals surface area contributed by atoms with E-state index in [2.05, 4.69) is 0 Å². The van der Waals surface area contributed by atoms with Gasteiger partial charge in [-0.25, -0.2) is 0 Å². The molecule has 0 amide bonds. The Balaban J connectivity index is 0. The summed E-state index contributed by atoms with van der Waals surface area (Å²) in [5.41, 5.74) is 0. The molecule has 0 aliphatic heterocycles. The molecule has 0 aromatic heterocycles. The van der Waals surface area contributed by atoms with Crippen molar-refractivity contribution < 1.29 is 2.73 Å². The second-order valence-corrected chi connectivity index (χ2v) is 4.16. The van der Waals surface area contributed by atoms with Crippen molar-refractivity contribution in [3.63, 3.8) is 0 Å². The molecular formula is Ca2Cl2F2. The Morgan fingerprint density at radius 1 is 1.17 bits per heavy atom. The predicted molar refractivity (Wildman–Crippen MR) is 25.4 cm³/mol. The van der Waals surface area contributed by atoms with Crippen molar-refractivity contribution in [2.24, 2.45) is 0 Å². The van der Waals surface area contributed by atoms with E-state index in [1.807, 2.05) is 0 Å². The van der Waals surface area contributed by atoms with Gasteiger partial charge in [0.1, 0.15) is 0 Å². The molecule has 0 saturated carbocycles. The van der Waals surface area contributed by atoms with Crippen LogP contribution in [-0.4, -0.2) is 66.2 Å². The average Bonchev–Trinajstić information content (AvgIpc) is 1.39. The number of halogens is 4. The molecule has 6 heavy (non-hydrogen) atoms. The SMILES string of the molecule is [Cl][Ca][Cl].[F][Ca][F]. The molecule has 0 spiro atoms. The first-order valence-corrected chi connectivity index (χ1v) is 8.82. The third-order valence-electron chi connectivity index (χ3n) is 0. The summed E-state index contributed by atoms with van der Waals surface area (Å²) < 4.78 is 19.6. The molecule has 0 nitrogen and oxygen atoms in total. The summed E-state index contributed by atoms with van der Waals surface area (Å²) in [5.74, 6) is 0. The van der Waals surface area contributed by atoms with Gasteiger partial charge in [-0.1, -0.05) is 0 Å². The molecule has 0 saturated heterocycles. The Labute approximate surface area is 79.4 Å². The fourth-order valence-corrected chi connectivity index (χ4v) is 0. The van der Waals surface area contributed by atoms with E-state index in [4.69, 9.17) is 12.8 Å². The van der Waals surface area contributed by atoms with Gasteiger partial charge in [-0.15, -0.1) is 0 Å². The normalized spacial score (nSPS) is 3.33. The molecule has 0 rings (SSSR count). The molecule has 32 valence electrons. The standard InChI is InChI=1S/2Ca.2ClH.2FH/h;;4*1H/q2*+2;;;;/p-4. The quantitative estimate of drug-likeness (QED) is 0.506. The molecule has 0 radical (unpaired) electrons. The molecule has 0 N–H and O–H groups in total. The molecular weight excluding hydrogens is 189 g/mol. The third-order valence-corrected chi connectivity index (χ3v) is 0. The van der Waals surface area contributed by atoms with Gasteiger partial charge < -0.3 is 0 Å². The molecule has 0 aliphatic rings. The fourth-order valence-electron chi connectivity index (χ4n) is 0. The Morgan fingerprint density at radius 3 is 1.17 bits per heavy atom. The predicted octanol–water partition coefficient (Wildman–Crippen LogP) is 1.46. The van der Waals surface area contributed by atoms with Crippen LogP contribution in [0.1, 0.15) is 0 Å². The summed E-state index contributed by atoms with van der Waals surface area (Å²) in [6.45, 7) is 0. The van der Waals surface area contributed by atoms with Crippen LogP contribution in [-0.2, 0) is 0 Å². The van der Waals surface area contributed by atoms with Crippen LogP contribution >= 0.6 is 12.8 Å². The fraction of sp³-hybridized carbons (Fsp3) is 0. The second kappa shape index (κ2) is 15.7. The van der Waals surface area contributed by atoms with Crippen LogP contribution < -0.4 is 0 Å². The zero-order chi connectivity index (χ0) is 5.41. The van der Waals surface area contributed by atoms with Crippen molar-refractivity contribution in [3.05, 3.63) is 0 Å². The molecule has 0 aliphatic carbocycles.